The smallest absolute Gasteiger partial charge is 0.251 e. The zero-order chi connectivity index (χ0) is 13.9. The summed E-state index contributed by atoms with van der Waals surface area (Å²) in [5.41, 5.74) is 2.79. The molecule has 0 radical (unpaired) electrons. The van der Waals surface area contributed by atoms with Gasteiger partial charge in [0.1, 0.15) is 5.75 Å². The molecule has 2 aromatic rings. The van der Waals surface area contributed by atoms with E-state index in [-0.39, 0.29) is 5.91 Å². The van der Waals surface area contributed by atoms with Crippen molar-refractivity contribution in [3.8, 4) is 5.75 Å². The molecule has 4 nitrogen and oxygen atoms in total. The molecule has 0 saturated heterocycles. The predicted molar refractivity (Wildman–Crippen MR) is 78.7 cm³/mol. The van der Waals surface area contributed by atoms with Gasteiger partial charge in [0, 0.05) is 41.0 Å². The average Bonchev–Trinajstić information content (AvgIpc) is 2.93. The molecule has 102 valence electrons. The van der Waals surface area contributed by atoms with E-state index in [0.29, 0.717) is 18.7 Å². The van der Waals surface area contributed by atoms with Crippen molar-refractivity contribution in [3.63, 3.8) is 0 Å². The number of rotatable bonds is 3. The van der Waals surface area contributed by atoms with Gasteiger partial charge in [-0.05, 0) is 29.8 Å². The third-order valence-electron chi connectivity index (χ3n) is 3.21. The molecule has 0 atom stereocenters. The number of amides is 1. The Labute approximate surface area is 125 Å². The highest BCUT2D eigenvalue weighted by Gasteiger charge is 2.17. The first-order chi connectivity index (χ1) is 9.74. The molecule has 1 aromatic heterocycles. The van der Waals surface area contributed by atoms with Crippen molar-refractivity contribution in [1.29, 1.82) is 0 Å². The van der Waals surface area contributed by atoms with Crippen molar-refractivity contribution < 1.29 is 9.53 Å². The molecule has 0 unspecified atom stereocenters. The van der Waals surface area contributed by atoms with Gasteiger partial charge >= 0.3 is 0 Å². The van der Waals surface area contributed by atoms with E-state index >= 15 is 0 Å². The van der Waals surface area contributed by atoms with E-state index in [1.807, 2.05) is 6.07 Å². The summed E-state index contributed by atoms with van der Waals surface area (Å²) in [7, 11) is 0. The topological polar surface area (TPSA) is 51.2 Å². The van der Waals surface area contributed by atoms with E-state index in [0.717, 1.165) is 22.2 Å². The lowest BCUT2D eigenvalue weighted by molar-refractivity contribution is 0.0950. The van der Waals surface area contributed by atoms with Crippen LogP contribution < -0.4 is 10.1 Å². The third kappa shape index (κ3) is 2.67. The Bertz CT molecular complexity index is 644. The summed E-state index contributed by atoms with van der Waals surface area (Å²) in [5.74, 6) is 0.794. The van der Waals surface area contributed by atoms with Crippen molar-refractivity contribution in [1.82, 2.24) is 10.3 Å². The Kier molecular flexibility index (Phi) is 3.69. The monoisotopic (exact) mass is 332 g/mol. The van der Waals surface area contributed by atoms with Crippen LogP contribution in [0.2, 0.25) is 0 Å². The van der Waals surface area contributed by atoms with Crippen molar-refractivity contribution in [2.75, 3.05) is 6.61 Å². The summed E-state index contributed by atoms with van der Waals surface area (Å²) in [6, 6.07) is 7.43. The number of nitrogens with zero attached hydrogens (tertiary/aromatic N) is 1. The van der Waals surface area contributed by atoms with Gasteiger partial charge in [0.05, 0.1) is 6.61 Å². The summed E-state index contributed by atoms with van der Waals surface area (Å²) < 4.78 is 6.65. The van der Waals surface area contributed by atoms with Crippen LogP contribution in [0.15, 0.2) is 41.1 Å². The van der Waals surface area contributed by atoms with Crippen molar-refractivity contribution >= 4 is 21.8 Å². The van der Waals surface area contributed by atoms with E-state index in [2.05, 4.69) is 32.3 Å². The minimum absolute atomic E-state index is 0.112. The van der Waals surface area contributed by atoms with Gasteiger partial charge in [-0.2, -0.15) is 0 Å². The van der Waals surface area contributed by atoms with Gasteiger partial charge in [-0.1, -0.05) is 15.9 Å². The van der Waals surface area contributed by atoms with Crippen LogP contribution in [0.4, 0.5) is 0 Å². The number of halogens is 1. The molecule has 1 amide bonds. The van der Waals surface area contributed by atoms with E-state index in [1.54, 1.807) is 24.5 Å². The molecule has 0 saturated carbocycles. The van der Waals surface area contributed by atoms with E-state index in [9.17, 15) is 4.79 Å². The fraction of sp³-hybridized carbons (Fsp3) is 0.200. The van der Waals surface area contributed by atoms with Crippen LogP contribution in [0.5, 0.6) is 5.75 Å². The highest BCUT2D eigenvalue weighted by Crippen LogP contribution is 2.32. The van der Waals surface area contributed by atoms with Crippen LogP contribution in [-0.2, 0) is 13.0 Å². The summed E-state index contributed by atoms with van der Waals surface area (Å²) in [5, 5.41) is 2.90. The number of nitrogens with one attached hydrogen (secondary N) is 1. The van der Waals surface area contributed by atoms with Crippen LogP contribution in [0, 0.1) is 0 Å². The number of fused-ring (bicyclic) bond motifs is 1. The minimum Gasteiger partial charge on any atom is -0.493 e. The van der Waals surface area contributed by atoms with Crippen molar-refractivity contribution in [3.05, 3.63) is 57.8 Å². The molecule has 1 N–H and O–H groups in total. The Balaban J connectivity index is 1.75. The summed E-state index contributed by atoms with van der Waals surface area (Å²) >= 11 is 3.49. The maximum atomic E-state index is 12.0. The summed E-state index contributed by atoms with van der Waals surface area (Å²) in [6.07, 6.45) is 4.13. The van der Waals surface area contributed by atoms with E-state index in [4.69, 9.17) is 4.74 Å². The zero-order valence-corrected chi connectivity index (χ0v) is 12.3. The molecular formula is C15H13BrN2O2. The third-order valence-corrected chi connectivity index (χ3v) is 3.67. The molecule has 5 heteroatoms. The predicted octanol–water partition coefficient (Wildman–Crippen LogP) is 2.71. The van der Waals surface area contributed by atoms with Gasteiger partial charge < -0.3 is 10.1 Å². The second-order valence-electron chi connectivity index (χ2n) is 4.57. The van der Waals surface area contributed by atoms with Gasteiger partial charge in [-0.25, -0.2) is 0 Å². The maximum absolute atomic E-state index is 12.0. The second kappa shape index (κ2) is 5.63. The molecular weight excluding hydrogens is 320 g/mol. The molecule has 0 aliphatic carbocycles. The molecule has 0 spiro atoms. The van der Waals surface area contributed by atoms with E-state index in [1.165, 1.54) is 5.56 Å². The number of benzene rings is 1. The largest absolute Gasteiger partial charge is 0.493 e. The minimum atomic E-state index is -0.112. The highest BCUT2D eigenvalue weighted by atomic mass is 79.9. The molecule has 3 rings (SSSR count). The molecule has 20 heavy (non-hydrogen) atoms. The molecule has 2 heterocycles. The van der Waals surface area contributed by atoms with Crippen LogP contribution in [0.3, 0.4) is 0 Å². The SMILES string of the molecule is O=C(NCc1cc(Br)cc2c1OCC2)c1ccncc1. The van der Waals surface area contributed by atoms with Crippen molar-refractivity contribution in [2.24, 2.45) is 0 Å². The zero-order valence-electron chi connectivity index (χ0n) is 10.7. The van der Waals surface area contributed by atoms with Gasteiger partial charge in [-0.3, -0.25) is 9.78 Å². The fourth-order valence-electron chi connectivity index (χ4n) is 2.26. The van der Waals surface area contributed by atoms with Gasteiger partial charge in [0.2, 0.25) is 0 Å². The molecule has 1 aliphatic rings. The lowest BCUT2D eigenvalue weighted by Crippen LogP contribution is -2.23. The maximum Gasteiger partial charge on any atom is 0.251 e. The second-order valence-corrected chi connectivity index (χ2v) is 5.49. The molecule has 1 aliphatic heterocycles. The number of carbonyl (C=O) groups excluding carboxylic acids is 1. The number of carbonyl (C=O) groups is 1. The van der Waals surface area contributed by atoms with Crippen molar-refractivity contribution in [2.45, 2.75) is 13.0 Å². The average molecular weight is 333 g/mol. The van der Waals surface area contributed by atoms with Crippen LogP contribution in [-0.4, -0.2) is 17.5 Å². The molecule has 1 aromatic carbocycles. The highest BCUT2D eigenvalue weighted by molar-refractivity contribution is 9.10. The Hall–Kier alpha value is -1.88. The Morgan fingerprint density at radius 2 is 2.15 bits per heavy atom. The fourth-order valence-corrected chi connectivity index (χ4v) is 2.81. The first-order valence-corrected chi connectivity index (χ1v) is 7.15. The Morgan fingerprint density at radius 1 is 1.35 bits per heavy atom. The molecule has 0 bridgehead atoms. The van der Waals surface area contributed by atoms with Gasteiger partial charge in [0.25, 0.3) is 5.91 Å². The first kappa shape index (κ1) is 13.1. The number of ether oxygens (including phenoxy) is 1. The standard InChI is InChI=1S/C15H13BrN2O2/c16-13-7-11-3-6-20-14(11)12(8-13)9-18-15(19)10-1-4-17-5-2-10/h1-2,4-5,7-8H,3,6,9H2,(H,18,19). The summed E-state index contributed by atoms with van der Waals surface area (Å²) in [6.45, 7) is 1.15. The number of pyridine rings is 1. The van der Waals surface area contributed by atoms with Crippen LogP contribution in [0.1, 0.15) is 21.5 Å². The van der Waals surface area contributed by atoms with Gasteiger partial charge in [0.15, 0.2) is 0 Å². The van der Waals surface area contributed by atoms with E-state index < -0.39 is 0 Å². The van der Waals surface area contributed by atoms with Crippen LogP contribution in [0.25, 0.3) is 0 Å². The number of aromatic nitrogens is 1. The van der Waals surface area contributed by atoms with Crippen LogP contribution >= 0.6 is 15.9 Å². The summed E-state index contributed by atoms with van der Waals surface area (Å²) in [4.78, 5) is 15.9. The van der Waals surface area contributed by atoms with Gasteiger partial charge in [-0.15, -0.1) is 0 Å². The lowest BCUT2D eigenvalue weighted by Gasteiger charge is -2.10. The Morgan fingerprint density at radius 3 is 2.95 bits per heavy atom. The normalized spacial score (nSPS) is 12.7. The number of hydrogen-bond acceptors (Lipinski definition) is 3. The quantitative estimate of drug-likeness (QED) is 0.940. The molecule has 0 fully saturated rings. The lowest BCUT2D eigenvalue weighted by atomic mass is 10.1. The first-order valence-electron chi connectivity index (χ1n) is 6.36. The number of hydrogen-bond donors (Lipinski definition) is 1.